The molecule has 30 heavy (non-hydrogen) atoms. The molecule has 2 aliphatic heterocycles. The normalized spacial score (nSPS) is 24.6. The summed E-state index contributed by atoms with van der Waals surface area (Å²) in [6, 6.07) is 17.1. The van der Waals surface area contributed by atoms with Crippen LogP contribution in [0.5, 0.6) is 0 Å². The molecule has 2 unspecified atom stereocenters. The molecule has 156 valence electrons. The van der Waals surface area contributed by atoms with E-state index >= 15 is 0 Å². The van der Waals surface area contributed by atoms with Crippen LogP contribution in [0.25, 0.3) is 11.1 Å². The molecule has 0 radical (unpaired) electrons. The molecule has 1 aliphatic carbocycles. The van der Waals surface area contributed by atoms with Gasteiger partial charge in [0.1, 0.15) is 12.4 Å². The molecule has 0 spiro atoms. The van der Waals surface area contributed by atoms with E-state index in [-0.39, 0.29) is 35.9 Å². The molecule has 3 aliphatic rings. The lowest BCUT2D eigenvalue weighted by Crippen LogP contribution is -2.48. The summed E-state index contributed by atoms with van der Waals surface area (Å²) in [4.78, 5) is 27.5. The highest BCUT2D eigenvalue weighted by Crippen LogP contribution is 2.45. The van der Waals surface area contributed by atoms with Gasteiger partial charge in [0.2, 0.25) is 0 Å². The minimum absolute atomic E-state index is 0.0652. The Balaban J connectivity index is 1.29. The van der Waals surface area contributed by atoms with Crippen LogP contribution in [-0.4, -0.2) is 35.5 Å². The summed E-state index contributed by atoms with van der Waals surface area (Å²) < 4.78 is 5.91. The van der Waals surface area contributed by atoms with Crippen LogP contribution >= 0.6 is 0 Å². The summed E-state index contributed by atoms with van der Waals surface area (Å²) in [5, 5.41) is 0. The van der Waals surface area contributed by atoms with Crippen molar-refractivity contribution in [2.75, 3.05) is 6.61 Å². The zero-order valence-electron chi connectivity index (χ0n) is 17.7. The van der Waals surface area contributed by atoms with Crippen molar-refractivity contribution in [3.8, 4) is 11.1 Å². The first-order valence-electron chi connectivity index (χ1n) is 11.2. The molecule has 1 amide bonds. The zero-order valence-corrected chi connectivity index (χ0v) is 17.7. The Labute approximate surface area is 178 Å². The number of benzene rings is 2. The Morgan fingerprint density at radius 1 is 0.933 bits per heavy atom. The van der Waals surface area contributed by atoms with Crippen LogP contribution in [0, 0.1) is 11.8 Å². The molecular weight excluding hydrogens is 374 g/mol. The van der Waals surface area contributed by atoms with Crippen molar-refractivity contribution in [3.63, 3.8) is 0 Å². The number of amides is 1. The molecule has 2 aromatic rings. The average Bonchev–Trinajstić information content (AvgIpc) is 3.22. The van der Waals surface area contributed by atoms with Gasteiger partial charge < -0.3 is 9.64 Å². The minimum atomic E-state index is -0.209. The van der Waals surface area contributed by atoms with Crippen LogP contribution < -0.4 is 0 Å². The molecule has 4 nitrogen and oxygen atoms in total. The fourth-order valence-electron chi connectivity index (χ4n) is 5.85. The Kier molecular flexibility index (Phi) is 4.88. The first-order valence-corrected chi connectivity index (χ1v) is 11.2. The predicted octanol–water partition coefficient (Wildman–Crippen LogP) is 5.40. The summed E-state index contributed by atoms with van der Waals surface area (Å²) in [6.07, 6.45) is 3.34. The lowest BCUT2D eigenvalue weighted by Gasteiger charge is -2.38. The standard InChI is InChI=1S/C26H29NO3/c1-16(2)25(28)17-13-18-11-12-19(14-17)27(18)26(29)30-15-24-22-9-5-3-7-20(22)21-8-4-6-10-23(21)24/h3-10,16-19,24H,11-15H2,1-2H3. The van der Waals surface area contributed by atoms with Gasteiger partial charge in [-0.05, 0) is 47.9 Å². The third-order valence-corrected chi connectivity index (χ3v) is 7.25. The average molecular weight is 404 g/mol. The van der Waals surface area contributed by atoms with Gasteiger partial charge in [0.05, 0.1) is 0 Å². The second-order valence-corrected chi connectivity index (χ2v) is 9.32. The van der Waals surface area contributed by atoms with Crippen molar-refractivity contribution in [1.29, 1.82) is 0 Å². The van der Waals surface area contributed by atoms with Gasteiger partial charge in [-0.25, -0.2) is 4.79 Å². The number of rotatable bonds is 4. The van der Waals surface area contributed by atoms with E-state index in [1.807, 2.05) is 18.7 Å². The Morgan fingerprint density at radius 3 is 2.00 bits per heavy atom. The highest BCUT2D eigenvalue weighted by molar-refractivity contribution is 5.83. The van der Waals surface area contributed by atoms with Gasteiger partial charge >= 0.3 is 6.09 Å². The van der Waals surface area contributed by atoms with Gasteiger partial charge in [-0.3, -0.25) is 4.79 Å². The topological polar surface area (TPSA) is 46.6 Å². The molecule has 2 aromatic carbocycles. The molecule has 4 heteroatoms. The molecule has 2 saturated heterocycles. The van der Waals surface area contributed by atoms with E-state index < -0.39 is 0 Å². The smallest absolute Gasteiger partial charge is 0.410 e. The van der Waals surface area contributed by atoms with Crippen LogP contribution in [0.3, 0.4) is 0 Å². The summed E-state index contributed by atoms with van der Waals surface area (Å²) in [5.74, 6) is 0.591. The van der Waals surface area contributed by atoms with E-state index in [0.717, 1.165) is 25.7 Å². The summed E-state index contributed by atoms with van der Waals surface area (Å²) in [6.45, 7) is 4.31. The molecule has 0 aromatic heterocycles. The summed E-state index contributed by atoms with van der Waals surface area (Å²) >= 11 is 0. The van der Waals surface area contributed by atoms with Gasteiger partial charge in [0.25, 0.3) is 0 Å². The quantitative estimate of drug-likeness (QED) is 0.686. The van der Waals surface area contributed by atoms with Gasteiger partial charge in [-0.15, -0.1) is 0 Å². The monoisotopic (exact) mass is 403 g/mol. The maximum atomic E-state index is 13.1. The Morgan fingerprint density at radius 2 is 1.47 bits per heavy atom. The molecule has 2 bridgehead atoms. The zero-order chi connectivity index (χ0) is 20.8. The number of Topliss-reactive ketones (excluding diaryl/α,β-unsaturated/α-hetero) is 1. The van der Waals surface area contributed by atoms with Crippen LogP contribution in [0.2, 0.25) is 0 Å². The van der Waals surface area contributed by atoms with Gasteiger partial charge in [-0.1, -0.05) is 62.4 Å². The minimum Gasteiger partial charge on any atom is -0.448 e. The number of carbonyl (C=O) groups excluding carboxylic acids is 2. The Bertz CT molecular complexity index is 922. The van der Waals surface area contributed by atoms with Crippen LogP contribution in [0.1, 0.15) is 56.6 Å². The second kappa shape index (κ2) is 7.57. The highest BCUT2D eigenvalue weighted by atomic mass is 16.6. The van der Waals surface area contributed by atoms with Crippen molar-refractivity contribution < 1.29 is 14.3 Å². The van der Waals surface area contributed by atoms with Crippen molar-refractivity contribution in [2.24, 2.45) is 11.8 Å². The van der Waals surface area contributed by atoms with Crippen molar-refractivity contribution in [2.45, 2.75) is 57.5 Å². The van der Waals surface area contributed by atoms with Gasteiger partial charge in [0.15, 0.2) is 0 Å². The van der Waals surface area contributed by atoms with Crippen molar-refractivity contribution >= 4 is 11.9 Å². The van der Waals surface area contributed by atoms with Crippen LogP contribution in [0.4, 0.5) is 4.79 Å². The number of ether oxygens (including phenoxy) is 1. The maximum absolute atomic E-state index is 13.1. The number of fused-ring (bicyclic) bond motifs is 5. The Hall–Kier alpha value is -2.62. The van der Waals surface area contributed by atoms with Crippen LogP contribution in [-0.2, 0) is 9.53 Å². The first kappa shape index (κ1) is 19.3. The lowest BCUT2D eigenvalue weighted by molar-refractivity contribution is -0.128. The molecule has 2 heterocycles. The SMILES string of the molecule is CC(C)C(=O)C1CC2CCC(C1)N2C(=O)OCC1c2ccccc2-c2ccccc21. The number of piperidine rings is 1. The van der Waals surface area contributed by atoms with E-state index in [0.29, 0.717) is 12.4 Å². The maximum Gasteiger partial charge on any atom is 0.410 e. The molecule has 5 rings (SSSR count). The van der Waals surface area contributed by atoms with Crippen LogP contribution in [0.15, 0.2) is 48.5 Å². The lowest BCUT2D eigenvalue weighted by atomic mass is 9.83. The van der Waals surface area contributed by atoms with Crippen molar-refractivity contribution in [3.05, 3.63) is 59.7 Å². The van der Waals surface area contributed by atoms with E-state index in [2.05, 4.69) is 48.5 Å². The van der Waals surface area contributed by atoms with E-state index in [1.165, 1.54) is 22.3 Å². The fourth-order valence-corrected chi connectivity index (χ4v) is 5.85. The highest BCUT2D eigenvalue weighted by Gasteiger charge is 2.46. The molecule has 2 atom stereocenters. The van der Waals surface area contributed by atoms with Gasteiger partial charge in [-0.2, -0.15) is 0 Å². The summed E-state index contributed by atoms with van der Waals surface area (Å²) in [7, 11) is 0. The molecular formula is C26H29NO3. The number of carbonyl (C=O) groups is 2. The summed E-state index contributed by atoms with van der Waals surface area (Å²) in [5.41, 5.74) is 4.94. The number of nitrogens with zero attached hydrogens (tertiary/aromatic N) is 1. The number of hydrogen-bond donors (Lipinski definition) is 0. The third-order valence-electron chi connectivity index (χ3n) is 7.25. The van der Waals surface area contributed by atoms with Crippen molar-refractivity contribution in [1.82, 2.24) is 4.90 Å². The van der Waals surface area contributed by atoms with E-state index in [9.17, 15) is 9.59 Å². The number of ketones is 1. The molecule has 0 N–H and O–H groups in total. The molecule has 2 fully saturated rings. The number of hydrogen-bond acceptors (Lipinski definition) is 3. The van der Waals surface area contributed by atoms with E-state index in [1.54, 1.807) is 0 Å². The predicted molar refractivity (Wildman–Crippen MR) is 116 cm³/mol. The second-order valence-electron chi connectivity index (χ2n) is 9.32. The van der Waals surface area contributed by atoms with E-state index in [4.69, 9.17) is 4.74 Å². The molecule has 0 saturated carbocycles. The fraction of sp³-hybridized carbons (Fsp3) is 0.462. The first-order chi connectivity index (χ1) is 14.5. The largest absolute Gasteiger partial charge is 0.448 e. The van der Waals surface area contributed by atoms with Gasteiger partial charge in [0, 0.05) is 29.8 Å². The third kappa shape index (κ3) is 3.13.